The van der Waals surface area contributed by atoms with Gasteiger partial charge in [0.25, 0.3) is 5.91 Å². The number of amides is 2. The molecule has 3 aromatic carbocycles. The van der Waals surface area contributed by atoms with Gasteiger partial charge in [0, 0.05) is 6.07 Å². The normalized spacial score (nSPS) is 20.3. The summed E-state index contributed by atoms with van der Waals surface area (Å²) in [4.78, 5) is 35.1. The van der Waals surface area contributed by atoms with Crippen LogP contribution in [0, 0.1) is 5.92 Å². The molecule has 2 saturated heterocycles. The van der Waals surface area contributed by atoms with Crippen molar-refractivity contribution >= 4 is 23.2 Å². The Morgan fingerprint density at radius 3 is 2.28 bits per heavy atom. The van der Waals surface area contributed by atoms with Crippen molar-refractivity contribution in [2.75, 3.05) is 29.8 Å². The first-order valence-corrected chi connectivity index (χ1v) is 13.6. The summed E-state index contributed by atoms with van der Waals surface area (Å²) < 4.78 is 17.5. The molecule has 0 radical (unpaired) electrons. The van der Waals surface area contributed by atoms with Crippen molar-refractivity contribution in [2.45, 2.75) is 45.8 Å². The number of nitrogens with zero attached hydrogens (tertiary/aromatic N) is 2. The van der Waals surface area contributed by atoms with Crippen LogP contribution in [0.3, 0.4) is 0 Å². The Balaban J connectivity index is 1.54. The van der Waals surface area contributed by atoms with E-state index >= 15 is 0 Å². The van der Waals surface area contributed by atoms with Crippen molar-refractivity contribution in [3.63, 3.8) is 0 Å². The first kappa shape index (κ1) is 26.6. The maximum atomic E-state index is 14.0. The lowest BCUT2D eigenvalue weighted by molar-refractivity contribution is -0.126. The van der Waals surface area contributed by atoms with E-state index in [-0.39, 0.29) is 5.91 Å². The number of para-hydroxylation sites is 1. The van der Waals surface area contributed by atoms with Gasteiger partial charge in [0.1, 0.15) is 11.7 Å². The van der Waals surface area contributed by atoms with E-state index in [9.17, 15) is 9.59 Å². The van der Waals surface area contributed by atoms with E-state index in [0.717, 1.165) is 24.1 Å². The lowest BCUT2D eigenvalue weighted by atomic mass is 9.90. The minimum absolute atomic E-state index is 0.316. The summed E-state index contributed by atoms with van der Waals surface area (Å²) in [6, 6.07) is 21.7. The second-order valence-corrected chi connectivity index (χ2v) is 9.44. The van der Waals surface area contributed by atoms with E-state index in [1.54, 1.807) is 29.3 Å². The van der Waals surface area contributed by atoms with Crippen LogP contribution in [-0.2, 0) is 14.4 Å². The fourth-order valence-electron chi connectivity index (χ4n) is 5.11. The first-order valence-electron chi connectivity index (χ1n) is 13.6. The van der Waals surface area contributed by atoms with Crippen molar-refractivity contribution in [2.24, 2.45) is 5.92 Å². The molecule has 0 unspecified atom stereocenters. The van der Waals surface area contributed by atoms with Gasteiger partial charge in [-0.3, -0.25) is 14.4 Å². The summed E-state index contributed by atoms with van der Waals surface area (Å²) in [7, 11) is 0. The molecule has 0 N–H and O–H groups in total. The summed E-state index contributed by atoms with van der Waals surface area (Å²) in [5.41, 5.74) is 2.01. The number of carbonyl (C=O) groups is 2. The molecule has 0 bridgehead atoms. The fourth-order valence-corrected chi connectivity index (χ4v) is 5.11. The maximum Gasteiger partial charge on any atom is 0.266 e. The highest BCUT2D eigenvalue weighted by atomic mass is 16.7. The van der Waals surface area contributed by atoms with Crippen LogP contribution in [0.15, 0.2) is 72.8 Å². The van der Waals surface area contributed by atoms with Crippen molar-refractivity contribution in [3.8, 4) is 17.2 Å². The van der Waals surface area contributed by atoms with Gasteiger partial charge in [0.2, 0.25) is 5.91 Å². The van der Waals surface area contributed by atoms with E-state index < -0.39 is 24.0 Å². The second kappa shape index (κ2) is 11.8. The Kier molecular flexibility index (Phi) is 8.02. The standard InChI is InChI=1S/C31H34N2O6/c1-4-7-18-38-25-17-16-21(19-26(25)37-6-3)28-27-29(39-33(28)22-12-9-8-10-13-22)31(35)32(30(27)34)23-14-11-15-24(20-23)36-5-2/h8-17,19-20,27-29H,4-7,18H2,1-3H3/t27-,28-,29+/m1/s1. The molecule has 2 heterocycles. The number of benzene rings is 3. The summed E-state index contributed by atoms with van der Waals surface area (Å²) in [6.07, 6.45) is 0.998. The zero-order chi connectivity index (χ0) is 27.4. The molecule has 8 nitrogen and oxygen atoms in total. The molecule has 2 fully saturated rings. The number of unbranched alkanes of at least 4 members (excludes halogenated alkanes) is 1. The Morgan fingerprint density at radius 1 is 0.769 bits per heavy atom. The van der Waals surface area contributed by atoms with E-state index in [1.165, 1.54) is 4.90 Å². The predicted octanol–water partition coefficient (Wildman–Crippen LogP) is 5.71. The van der Waals surface area contributed by atoms with Crippen molar-refractivity contribution in [1.82, 2.24) is 0 Å². The third-order valence-electron chi connectivity index (χ3n) is 6.88. The number of rotatable bonds is 11. The number of carbonyl (C=O) groups excluding carboxylic acids is 2. The first-order chi connectivity index (χ1) is 19.1. The molecule has 39 heavy (non-hydrogen) atoms. The van der Waals surface area contributed by atoms with E-state index in [4.69, 9.17) is 19.0 Å². The van der Waals surface area contributed by atoms with Gasteiger partial charge in [-0.15, -0.1) is 0 Å². The maximum absolute atomic E-state index is 14.0. The van der Waals surface area contributed by atoms with Gasteiger partial charge in [-0.05, 0) is 62.2 Å². The average molecular weight is 531 g/mol. The molecule has 2 aliphatic rings. The van der Waals surface area contributed by atoms with Crippen LogP contribution in [-0.4, -0.2) is 37.7 Å². The fraction of sp³-hybridized carbons (Fsp3) is 0.355. The highest BCUT2D eigenvalue weighted by Crippen LogP contribution is 2.49. The molecule has 204 valence electrons. The largest absolute Gasteiger partial charge is 0.494 e. The molecule has 8 heteroatoms. The number of fused-ring (bicyclic) bond motifs is 1. The van der Waals surface area contributed by atoms with Crippen LogP contribution in [0.1, 0.15) is 45.2 Å². The summed E-state index contributed by atoms with van der Waals surface area (Å²) in [5, 5.41) is 1.68. The number of ether oxygens (including phenoxy) is 3. The third-order valence-corrected chi connectivity index (χ3v) is 6.88. The minimum atomic E-state index is -0.963. The molecular weight excluding hydrogens is 496 g/mol. The van der Waals surface area contributed by atoms with Crippen LogP contribution in [0.2, 0.25) is 0 Å². The Bertz CT molecular complexity index is 1310. The van der Waals surface area contributed by atoms with Crippen molar-refractivity contribution in [3.05, 3.63) is 78.4 Å². The molecule has 5 rings (SSSR count). The third kappa shape index (κ3) is 5.16. The molecule has 0 aromatic heterocycles. The molecule has 3 aromatic rings. The summed E-state index contributed by atoms with van der Waals surface area (Å²) in [5.74, 6) is 0.375. The molecule has 0 saturated carbocycles. The summed E-state index contributed by atoms with van der Waals surface area (Å²) >= 11 is 0. The predicted molar refractivity (Wildman–Crippen MR) is 148 cm³/mol. The van der Waals surface area contributed by atoms with Gasteiger partial charge in [0.05, 0.1) is 37.2 Å². The van der Waals surface area contributed by atoms with E-state index in [2.05, 4.69) is 6.92 Å². The van der Waals surface area contributed by atoms with Crippen LogP contribution in [0.25, 0.3) is 0 Å². The smallest absolute Gasteiger partial charge is 0.266 e. The van der Waals surface area contributed by atoms with Crippen molar-refractivity contribution < 1.29 is 28.6 Å². The molecule has 0 aliphatic carbocycles. The van der Waals surface area contributed by atoms with Crippen LogP contribution in [0.5, 0.6) is 17.2 Å². The van der Waals surface area contributed by atoms with Gasteiger partial charge in [0.15, 0.2) is 17.6 Å². The molecule has 2 aliphatic heterocycles. The zero-order valence-electron chi connectivity index (χ0n) is 22.5. The SMILES string of the molecule is CCCCOc1ccc([C@@H]2[C@H]3C(=O)N(c4cccc(OCC)c4)C(=O)[C@H]3ON2c2ccccc2)cc1OCC. The minimum Gasteiger partial charge on any atom is -0.494 e. The van der Waals surface area contributed by atoms with Gasteiger partial charge < -0.3 is 14.2 Å². The van der Waals surface area contributed by atoms with Crippen molar-refractivity contribution in [1.29, 1.82) is 0 Å². The average Bonchev–Trinajstić information content (AvgIpc) is 3.46. The monoisotopic (exact) mass is 530 g/mol. The van der Waals surface area contributed by atoms with Gasteiger partial charge in [-0.1, -0.05) is 43.7 Å². The topological polar surface area (TPSA) is 77.5 Å². The van der Waals surface area contributed by atoms with Crippen LogP contribution < -0.4 is 24.2 Å². The zero-order valence-corrected chi connectivity index (χ0v) is 22.5. The number of hydroxylamine groups is 1. The summed E-state index contributed by atoms with van der Waals surface area (Å²) in [6.45, 7) is 7.45. The van der Waals surface area contributed by atoms with Gasteiger partial charge in [-0.25, -0.2) is 9.96 Å². The molecule has 3 atom stereocenters. The van der Waals surface area contributed by atoms with E-state index in [1.807, 2.05) is 62.4 Å². The highest BCUT2D eigenvalue weighted by Gasteiger charge is 2.60. The Labute approximate surface area is 229 Å². The Morgan fingerprint density at radius 2 is 1.54 bits per heavy atom. The second-order valence-electron chi connectivity index (χ2n) is 9.44. The molecular formula is C31H34N2O6. The number of hydrogen-bond donors (Lipinski definition) is 0. The van der Waals surface area contributed by atoms with Crippen LogP contribution >= 0.6 is 0 Å². The quantitative estimate of drug-likeness (QED) is 0.232. The molecule has 0 spiro atoms. The van der Waals surface area contributed by atoms with Gasteiger partial charge >= 0.3 is 0 Å². The lowest BCUT2D eigenvalue weighted by Gasteiger charge is -2.29. The number of anilines is 2. The van der Waals surface area contributed by atoms with E-state index in [0.29, 0.717) is 42.8 Å². The molecule has 2 amide bonds. The lowest BCUT2D eigenvalue weighted by Crippen LogP contribution is -2.37. The number of imide groups is 1. The highest BCUT2D eigenvalue weighted by molar-refractivity contribution is 6.24. The Hall–Kier alpha value is -4.04. The van der Waals surface area contributed by atoms with Crippen LogP contribution in [0.4, 0.5) is 11.4 Å². The van der Waals surface area contributed by atoms with Gasteiger partial charge in [-0.2, -0.15) is 0 Å². The number of hydrogen-bond acceptors (Lipinski definition) is 7.